The average molecular weight is 262 g/mol. The molecule has 0 saturated heterocycles. The van der Waals surface area contributed by atoms with Gasteiger partial charge in [0.25, 0.3) is 0 Å². The van der Waals surface area contributed by atoms with Crippen molar-refractivity contribution < 1.29 is 17.9 Å². The minimum Gasteiger partial charge on any atom is -0.399 e. The molecule has 0 spiro atoms. The van der Waals surface area contributed by atoms with Crippen molar-refractivity contribution in [2.75, 3.05) is 12.3 Å². The van der Waals surface area contributed by atoms with Crippen molar-refractivity contribution >= 4 is 15.7 Å². The van der Waals surface area contributed by atoms with Crippen molar-refractivity contribution in [2.24, 2.45) is 0 Å². The van der Waals surface area contributed by atoms with E-state index in [1.165, 1.54) is 19.9 Å². The topological polar surface area (TPSA) is 92.4 Å². The summed E-state index contributed by atoms with van der Waals surface area (Å²) >= 11 is 0. The molecule has 1 aromatic carbocycles. The number of hydrogen-bond donors (Lipinski definition) is 3. The normalized spacial score (nSPS) is 13.6. The maximum atomic E-state index is 13.4. The van der Waals surface area contributed by atoms with Gasteiger partial charge in [-0.05, 0) is 26.0 Å². The average Bonchev–Trinajstić information content (AvgIpc) is 2.22. The molecular formula is C10H15FN2O3S. The van der Waals surface area contributed by atoms with Crippen LogP contribution in [-0.2, 0) is 10.0 Å². The lowest BCUT2D eigenvalue weighted by Crippen LogP contribution is -2.35. The summed E-state index contributed by atoms with van der Waals surface area (Å²) in [6.07, 6.45) is 0. The van der Waals surface area contributed by atoms with Crippen LogP contribution in [0.1, 0.15) is 12.5 Å². The molecule has 0 unspecified atom stereocenters. The van der Waals surface area contributed by atoms with E-state index in [2.05, 4.69) is 4.72 Å². The van der Waals surface area contributed by atoms with E-state index < -0.39 is 21.9 Å². The minimum atomic E-state index is -3.88. The van der Waals surface area contributed by atoms with Crippen LogP contribution in [0.3, 0.4) is 0 Å². The molecule has 0 radical (unpaired) electrons. The minimum absolute atomic E-state index is 0.00293. The number of nitrogens with two attached hydrogens (primary N) is 1. The summed E-state index contributed by atoms with van der Waals surface area (Å²) in [5.74, 6) is -0.679. The fourth-order valence-electron chi connectivity index (χ4n) is 1.32. The number of rotatable bonds is 4. The molecule has 0 amide bonds. The lowest BCUT2D eigenvalue weighted by molar-refractivity contribution is 0.265. The van der Waals surface area contributed by atoms with Crippen LogP contribution in [0.15, 0.2) is 17.0 Å². The highest BCUT2D eigenvalue weighted by atomic mass is 32.2. The van der Waals surface area contributed by atoms with Crippen molar-refractivity contribution in [3.63, 3.8) is 0 Å². The van der Waals surface area contributed by atoms with Crippen molar-refractivity contribution in [3.8, 4) is 0 Å². The second-order valence-corrected chi connectivity index (χ2v) is 5.51. The molecule has 0 aliphatic carbocycles. The molecule has 1 aromatic rings. The summed E-state index contributed by atoms with van der Waals surface area (Å²) in [5, 5.41) is 8.80. The van der Waals surface area contributed by atoms with Gasteiger partial charge in [0, 0.05) is 17.3 Å². The van der Waals surface area contributed by atoms with Crippen LogP contribution in [-0.4, -0.2) is 26.2 Å². The van der Waals surface area contributed by atoms with Crippen molar-refractivity contribution in [1.29, 1.82) is 0 Å². The molecule has 0 aromatic heterocycles. The van der Waals surface area contributed by atoms with Gasteiger partial charge in [0.05, 0.1) is 11.5 Å². The largest absolute Gasteiger partial charge is 0.399 e. The number of aliphatic hydroxyl groups is 1. The summed E-state index contributed by atoms with van der Waals surface area (Å²) in [4.78, 5) is -0.213. The highest BCUT2D eigenvalue weighted by molar-refractivity contribution is 7.89. The van der Waals surface area contributed by atoms with Gasteiger partial charge in [0.15, 0.2) is 0 Å². The summed E-state index contributed by atoms with van der Waals surface area (Å²) in [6.45, 7) is 2.51. The van der Waals surface area contributed by atoms with E-state index in [0.29, 0.717) is 0 Å². The van der Waals surface area contributed by atoms with E-state index in [1.807, 2.05) is 0 Å². The van der Waals surface area contributed by atoms with E-state index in [4.69, 9.17) is 10.8 Å². The van der Waals surface area contributed by atoms with Gasteiger partial charge in [0.2, 0.25) is 10.0 Å². The number of nitrogens with one attached hydrogen (secondary N) is 1. The van der Waals surface area contributed by atoms with Crippen molar-refractivity contribution in [1.82, 2.24) is 4.72 Å². The third-order valence-electron chi connectivity index (χ3n) is 2.24. The van der Waals surface area contributed by atoms with Crippen LogP contribution in [0, 0.1) is 12.7 Å². The highest BCUT2D eigenvalue weighted by Gasteiger charge is 2.21. The zero-order chi connectivity index (χ0) is 13.2. The maximum Gasteiger partial charge on any atom is 0.241 e. The predicted molar refractivity (Wildman–Crippen MR) is 62.4 cm³/mol. The number of anilines is 1. The fraction of sp³-hybridized carbons (Fsp3) is 0.400. The van der Waals surface area contributed by atoms with Gasteiger partial charge in [-0.2, -0.15) is 0 Å². The molecule has 0 bridgehead atoms. The molecule has 7 heteroatoms. The molecule has 1 rings (SSSR count). The SMILES string of the molecule is Cc1c(F)cc(N)cc1S(=O)(=O)N[C@@H](C)CO. The molecule has 17 heavy (non-hydrogen) atoms. The highest BCUT2D eigenvalue weighted by Crippen LogP contribution is 2.21. The Morgan fingerprint density at radius 1 is 1.53 bits per heavy atom. The van der Waals surface area contributed by atoms with Gasteiger partial charge in [-0.15, -0.1) is 0 Å². The molecule has 96 valence electrons. The molecule has 0 heterocycles. The second-order valence-electron chi connectivity index (χ2n) is 3.83. The van der Waals surface area contributed by atoms with Crippen molar-refractivity contribution in [3.05, 3.63) is 23.5 Å². The van der Waals surface area contributed by atoms with Crippen molar-refractivity contribution in [2.45, 2.75) is 24.8 Å². The molecular weight excluding hydrogens is 247 g/mol. The van der Waals surface area contributed by atoms with Crippen LogP contribution in [0.2, 0.25) is 0 Å². The summed E-state index contributed by atoms with van der Waals surface area (Å²) in [6, 6.07) is 1.60. The lowest BCUT2D eigenvalue weighted by atomic mass is 10.2. The molecule has 0 fully saturated rings. The maximum absolute atomic E-state index is 13.4. The van der Waals surface area contributed by atoms with E-state index in [1.54, 1.807) is 0 Å². The number of sulfonamides is 1. The Labute approximate surface area is 99.5 Å². The lowest BCUT2D eigenvalue weighted by Gasteiger charge is -2.14. The van der Waals surface area contributed by atoms with E-state index in [0.717, 1.165) is 6.07 Å². The number of benzene rings is 1. The monoisotopic (exact) mass is 262 g/mol. The first-order valence-electron chi connectivity index (χ1n) is 4.96. The molecule has 1 atom stereocenters. The standard InChI is InChI=1S/C10H15FN2O3S/c1-6(5-14)13-17(15,16)10-4-8(12)3-9(11)7(10)2/h3-4,6,13-14H,5,12H2,1-2H3/t6-/m0/s1. The zero-order valence-corrected chi connectivity index (χ0v) is 10.4. The number of aliphatic hydroxyl groups excluding tert-OH is 1. The second kappa shape index (κ2) is 4.99. The van der Waals surface area contributed by atoms with Gasteiger partial charge in [-0.3, -0.25) is 0 Å². The Bertz CT molecular complexity index is 517. The summed E-state index contributed by atoms with van der Waals surface area (Å²) in [7, 11) is -3.88. The van der Waals surface area contributed by atoms with Crippen LogP contribution < -0.4 is 10.5 Å². The fourth-order valence-corrected chi connectivity index (χ4v) is 2.84. The third kappa shape index (κ3) is 3.15. The molecule has 5 nitrogen and oxygen atoms in total. The summed E-state index contributed by atoms with van der Waals surface area (Å²) in [5.41, 5.74) is 5.44. The number of nitrogen functional groups attached to an aromatic ring is 1. The van der Waals surface area contributed by atoms with Gasteiger partial charge in [-0.1, -0.05) is 0 Å². The van der Waals surface area contributed by atoms with Gasteiger partial charge in [-0.25, -0.2) is 17.5 Å². The van der Waals surface area contributed by atoms with E-state index >= 15 is 0 Å². The Morgan fingerprint density at radius 3 is 2.65 bits per heavy atom. The van der Waals surface area contributed by atoms with E-state index in [-0.39, 0.29) is 22.8 Å². The quantitative estimate of drug-likeness (QED) is 0.684. The van der Waals surface area contributed by atoms with Gasteiger partial charge in [0.1, 0.15) is 5.82 Å². The first kappa shape index (κ1) is 13.9. The molecule has 4 N–H and O–H groups in total. The number of halogens is 1. The molecule has 0 aliphatic heterocycles. The molecule has 0 saturated carbocycles. The Balaban J connectivity index is 3.24. The van der Waals surface area contributed by atoms with Gasteiger partial charge >= 0.3 is 0 Å². The van der Waals surface area contributed by atoms with Gasteiger partial charge < -0.3 is 10.8 Å². The first-order valence-corrected chi connectivity index (χ1v) is 6.45. The molecule has 0 aliphatic rings. The first-order chi connectivity index (χ1) is 7.77. The Morgan fingerprint density at radius 2 is 2.12 bits per heavy atom. The Hall–Kier alpha value is -1.18. The predicted octanol–water partition coefficient (Wildman–Crippen LogP) is 0.375. The van der Waals surface area contributed by atoms with Crippen LogP contribution in [0.25, 0.3) is 0 Å². The third-order valence-corrected chi connectivity index (χ3v) is 3.95. The van der Waals surface area contributed by atoms with Crippen LogP contribution in [0.5, 0.6) is 0 Å². The van der Waals surface area contributed by atoms with Crippen LogP contribution >= 0.6 is 0 Å². The van der Waals surface area contributed by atoms with E-state index in [9.17, 15) is 12.8 Å². The summed E-state index contributed by atoms with van der Waals surface area (Å²) < 4.78 is 39.4. The Kier molecular flexibility index (Phi) is 4.07. The van der Waals surface area contributed by atoms with Crippen LogP contribution in [0.4, 0.5) is 10.1 Å². The smallest absolute Gasteiger partial charge is 0.241 e. The zero-order valence-electron chi connectivity index (χ0n) is 9.57. The number of hydrogen-bond acceptors (Lipinski definition) is 4.